The highest BCUT2D eigenvalue weighted by molar-refractivity contribution is 6.33. The number of nitrogen functional groups attached to an aromatic ring is 1. The van der Waals surface area contributed by atoms with Crippen molar-refractivity contribution in [1.29, 1.82) is 0 Å². The molecule has 6 heteroatoms. The average Bonchev–Trinajstić information content (AvgIpc) is 2.41. The van der Waals surface area contributed by atoms with Gasteiger partial charge in [0.2, 0.25) is 0 Å². The van der Waals surface area contributed by atoms with Crippen molar-refractivity contribution in [2.75, 3.05) is 5.73 Å². The fraction of sp³-hybridized carbons (Fsp3) is 0.133. The zero-order valence-corrected chi connectivity index (χ0v) is 11.5. The molecule has 2 aromatic carbocycles. The van der Waals surface area contributed by atoms with E-state index in [2.05, 4.69) is 0 Å². The van der Waals surface area contributed by atoms with Gasteiger partial charge in [-0.05, 0) is 29.8 Å². The molecule has 0 unspecified atom stereocenters. The molecule has 0 fully saturated rings. The number of carbonyl (C=O) groups excluding carboxylic acids is 1. The highest BCUT2D eigenvalue weighted by Gasteiger charge is 2.30. The average molecular weight is 314 g/mol. The molecule has 0 aromatic heterocycles. The quantitative estimate of drug-likeness (QED) is 0.675. The van der Waals surface area contributed by atoms with Crippen LogP contribution in [-0.2, 0) is 12.6 Å². The lowest BCUT2D eigenvalue weighted by atomic mass is 10.0. The Morgan fingerprint density at radius 1 is 1.14 bits per heavy atom. The van der Waals surface area contributed by atoms with E-state index in [0.29, 0.717) is 16.8 Å². The first-order valence-corrected chi connectivity index (χ1v) is 6.39. The molecule has 2 aromatic rings. The molecule has 0 saturated heterocycles. The second kappa shape index (κ2) is 5.77. The predicted molar refractivity (Wildman–Crippen MR) is 75.3 cm³/mol. The minimum atomic E-state index is -4.43. The van der Waals surface area contributed by atoms with Gasteiger partial charge in [0.15, 0.2) is 5.78 Å². The fourth-order valence-electron chi connectivity index (χ4n) is 1.85. The van der Waals surface area contributed by atoms with Crippen molar-refractivity contribution in [3.05, 3.63) is 64.2 Å². The largest absolute Gasteiger partial charge is 0.416 e. The van der Waals surface area contributed by atoms with E-state index in [-0.39, 0.29) is 17.2 Å². The Bertz CT molecular complexity index is 683. The van der Waals surface area contributed by atoms with E-state index < -0.39 is 11.7 Å². The van der Waals surface area contributed by atoms with Crippen LogP contribution in [0.15, 0.2) is 42.5 Å². The fourth-order valence-corrected chi connectivity index (χ4v) is 2.03. The number of alkyl halides is 3. The number of benzene rings is 2. The molecular formula is C15H11ClF3NO. The van der Waals surface area contributed by atoms with E-state index >= 15 is 0 Å². The summed E-state index contributed by atoms with van der Waals surface area (Å²) in [6.45, 7) is 0. The number of anilines is 1. The van der Waals surface area contributed by atoms with Crippen molar-refractivity contribution in [2.45, 2.75) is 12.6 Å². The Kier molecular flexibility index (Phi) is 4.23. The van der Waals surface area contributed by atoms with Crippen LogP contribution < -0.4 is 5.73 Å². The Morgan fingerprint density at radius 3 is 2.48 bits per heavy atom. The van der Waals surface area contributed by atoms with E-state index in [1.54, 1.807) is 0 Å². The van der Waals surface area contributed by atoms with Crippen molar-refractivity contribution < 1.29 is 18.0 Å². The van der Waals surface area contributed by atoms with Gasteiger partial charge in [-0.1, -0.05) is 29.8 Å². The summed E-state index contributed by atoms with van der Waals surface area (Å²) in [4.78, 5) is 12.1. The maximum absolute atomic E-state index is 12.6. The smallest absolute Gasteiger partial charge is 0.398 e. The maximum Gasteiger partial charge on any atom is 0.416 e. The molecule has 0 bridgehead atoms. The lowest BCUT2D eigenvalue weighted by Crippen LogP contribution is -2.08. The number of ketones is 1. The van der Waals surface area contributed by atoms with E-state index in [1.165, 1.54) is 30.3 Å². The van der Waals surface area contributed by atoms with Crippen LogP contribution in [0.25, 0.3) is 0 Å². The second-order valence-electron chi connectivity index (χ2n) is 4.53. The summed E-state index contributed by atoms with van der Waals surface area (Å²) in [5, 5.41) is 0.241. The third-order valence-corrected chi connectivity index (χ3v) is 3.27. The molecule has 2 rings (SSSR count). The molecule has 2 nitrogen and oxygen atoms in total. The van der Waals surface area contributed by atoms with Crippen LogP contribution in [0.1, 0.15) is 21.5 Å². The summed E-state index contributed by atoms with van der Waals surface area (Å²) in [5.74, 6) is -0.323. The van der Waals surface area contributed by atoms with Crippen molar-refractivity contribution in [3.8, 4) is 0 Å². The van der Waals surface area contributed by atoms with Crippen LogP contribution in [0.5, 0.6) is 0 Å². The number of carbonyl (C=O) groups is 1. The van der Waals surface area contributed by atoms with Gasteiger partial charge in [-0.3, -0.25) is 4.79 Å². The van der Waals surface area contributed by atoms with Gasteiger partial charge in [-0.25, -0.2) is 0 Å². The molecule has 0 heterocycles. The first-order valence-electron chi connectivity index (χ1n) is 6.02. The van der Waals surface area contributed by atoms with Crippen LogP contribution in [0.4, 0.5) is 18.9 Å². The second-order valence-corrected chi connectivity index (χ2v) is 4.94. The van der Waals surface area contributed by atoms with Gasteiger partial charge in [0, 0.05) is 12.0 Å². The third kappa shape index (κ3) is 3.76. The van der Waals surface area contributed by atoms with Crippen LogP contribution in [-0.4, -0.2) is 5.78 Å². The molecule has 0 amide bonds. The Labute approximate surface area is 124 Å². The van der Waals surface area contributed by atoms with Gasteiger partial charge >= 0.3 is 6.18 Å². The van der Waals surface area contributed by atoms with E-state index in [0.717, 1.165) is 12.1 Å². The first-order chi connectivity index (χ1) is 9.77. The summed E-state index contributed by atoms with van der Waals surface area (Å²) in [6.07, 6.45) is -4.56. The standard InChI is InChI=1S/C15H11ClF3NO/c16-12-8-10(4-5-13(12)20)14(21)7-9-2-1-3-11(6-9)15(17,18)19/h1-6,8H,7,20H2. The minimum absolute atomic E-state index is 0.135. The van der Waals surface area contributed by atoms with Crippen molar-refractivity contribution in [1.82, 2.24) is 0 Å². The monoisotopic (exact) mass is 313 g/mol. The van der Waals surface area contributed by atoms with Gasteiger partial charge in [-0.15, -0.1) is 0 Å². The van der Waals surface area contributed by atoms with E-state index in [1.807, 2.05) is 0 Å². The number of hydrogen-bond acceptors (Lipinski definition) is 2. The van der Waals surface area contributed by atoms with Gasteiger partial charge < -0.3 is 5.73 Å². The molecule has 0 aliphatic rings. The number of nitrogens with two attached hydrogens (primary N) is 1. The first kappa shape index (κ1) is 15.4. The van der Waals surface area contributed by atoms with Gasteiger partial charge in [-0.2, -0.15) is 13.2 Å². The lowest BCUT2D eigenvalue weighted by molar-refractivity contribution is -0.137. The molecule has 21 heavy (non-hydrogen) atoms. The third-order valence-electron chi connectivity index (χ3n) is 2.94. The highest BCUT2D eigenvalue weighted by atomic mass is 35.5. The molecule has 110 valence electrons. The predicted octanol–water partition coefficient (Wildman–Crippen LogP) is 4.37. The normalized spacial score (nSPS) is 11.4. The molecule has 0 radical (unpaired) electrons. The summed E-state index contributed by atoms with van der Waals surface area (Å²) in [7, 11) is 0. The summed E-state index contributed by atoms with van der Waals surface area (Å²) < 4.78 is 37.8. The molecule has 0 saturated carbocycles. The molecule has 0 aliphatic carbocycles. The zero-order chi connectivity index (χ0) is 15.6. The Balaban J connectivity index is 2.21. The number of Topliss-reactive ketones (excluding diaryl/α,β-unsaturated/α-hetero) is 1. The lowest BCUT2D eigenvalue weighted by Gasteiger charge is -2.08. The summed E-state index contributed by atoms with van der Waals surface area (Å²) in [6, 6.07) is 9.09. The van der Waals surface area contributed by atoms with Crippen molar-refractivity contribution in [3.63, 3.8) is 0 Å². The molecule has 0 atom stereocenters. The van der Waals surface area contributed by atoms with Crippen LogP contribution >= 0.6 is 11.6 Å². The number of rotatable bonds is 3. The highest BCUT2D eigenvalue weighted by Crippen LogP contribution is 2.30. The Morgan fingerprint density at radius 2 is 1.86 bits per heavy atom. The zero-order valence-electron chi connectivity index (χ0n) is 10.7. The summed E-state index contributed by atoms with van der Waals surface area (Å²) >= 11 is 5.82. The van der Waals surface area contributed by atoms with E-state index in [9.17, 15) is 18.0 Å². The van der Waals surface area contributed by atoms with Crippen molar-refractivity contribution in [2.24, 2.45) is 0 Å². The van der Waals surface area contributed by atoms with Crippen LogP contribution in [0.2, 0.25) is 5.02 Å². The van der Waals surface area contributed by atoms with Crippen LogP contribution in [0, 0.1) is 0 Å². The molecular weight excluding hydrogens is 303 g/mol. The number of halogens is 4. The van der Waals surface area contributed by atoms with Crippen molar-refractivity contribution >= 4 is 23.1 Å². The topological polar surface area (TPSA) is 43.1 Å². The SMILES string of the molecule is Nc1ccc(C(=O)Cc2cccc(C(F)(F)F)c2)cc1Cl. The maximum atomic E-state index is 12.6. The van der Waals surface area contributed by atoms with Gasteiger partial charge in [0.25, 0.3) is 0 Å². The van der Waals surface area contributed by atoms with Crippen LogP contribution in [0.3, 0.4) is 0 Å². The van der Waals surface area contributed by atoms with E-state index in [4.69, 9.17) is 17.3 Å². The number of hydrogen-bond donors (Lipinski definition) is 1. The summed E-state index contributed by atoms with van der Waals surface area (Å²) in [5.41, 5.74) is 5.71. The van der Waals surface area contributed by atoms with Gasteiger partial charge in [0.05, 0.1) is 16.3 Å². The molecule has 0 aliphatic heterocycles. The molecule has 0 spiro atoms. The van der Waals surface area contributed by atoms with Gasteiger partial charge in [0.1, 0.15) is 0 Å². The minimum Gasteiger partial charge on any atom is -0.398 e. The molecule has 2 N–H and O–H groups in total. The Hall–Kier alpha value is -2.01.